The summed E-state index contributed by atoms with van der Waals surface area (Å²) in [6.45, 7) is 5.55. The number of H-pyrrole nitrogens is 1. The molecule has 0 aliphatic carbocycles. The lowest BCUT2D eigenvalue weighted by atomic mass is 9.97. The van der Waals surface area contributed by atoms with E-state index in [1.54, 1.807) is 0 Å². The van der Waals surface area contributed by atoms with Gasteiger partial charge in [-0.3, -0.25) is 9.69 Å². The van der Waals surface area contributed by atoms with Crippen molar-refractivity contribution in [2.24, 2.45) is 0 Å². The van der Waals surface area contributed by atoms with Crippen molar-refractivity contribution in [1.29, 1.82) is 0 Å². The summed E-state index contributed by atoms with van der Waals surface area (Å²) in [7, 11) is 0. The second kappa shape index (κ2) is 7.49. The Morgan fingerprint density at radius 2 is 2.00 bits per heavy atom. The minimum absolute atomic E-state index is 0.122. The van der Waals surface area contributed by atoms with Crippen LogP contribution < -0.4 is 0 Å². The topological polar surface area (TPSA) is 74.4 Å². The van der Waals surface area contributed by atoms with Crippen LogP contribution in [0.1, 0.15) is 36.0 Å². The second-order valence-corrected chi connectivity index (χ2v) is 6.92. The lowest BCUT2D eigenvalue weighted by Gasteiger charge is -2.37. The molecule has 0 radical (unpaired) electrons. The summed E-state index contributed by atoms with van der Waals surface area (Å²) in [4.78, 5) is 17.6. The number of benzene rings is 1. The number of likely N-dealkylation sites (tertiary alicyclic amines) is 1. The van der Waals surface area contributed by atoms with Crippen molar-refractivity contribution >= 4 is 16.9 Å². The number of carbonyl (C=O) groups is 1. The van der Waals surface area contributed by atoms with Crippen LogP contribution in [0.3, 0.4) is 0 Å². The van der Waals surface area contributed by atoms with Crippen molar-refractivity contribution in [2.45, 2.75) is 31.7 Å². The van der Waals surface area contributed by atoms with Gasteiger partial charge >= 0.3 is 0 Å². The zero-order valence-corrected chi connectivity index (χ0v) is 14.5. The van der Waals surface area contributed by atoms with E-state index in [1.807, 2.05) is 18.2 Å². The van der Waals surface area contributed by atoms with E-state index in [9.17, 15) is 4.79 Å². The quantitative estimate of drug-likeness (QED) is 0.914. The molecule has 1 unspecified atom stereocenters. The van der Waals surface area contributed by atoms with E-state index in [2.05, 4.69) is 25.2 Å². The molecule has 2 saturated heterocycles. The van der Waals surface area contributed by atoms with Crippen LogP contribution in [0.15, 0.2) is 18.2 Å². The molecule has 1 aromatic carbocycles. The zero-order chi connectivity index (χ0) is 17.1. The molecular formula is C18H25N5O2. The first-order valence-electron chi connectivity index (χ1n) is 9.23. The van der Waals surface area contributed by atoms with E-state index in [0.717, 1.165) is 69.7 Å². The van der Waals surface area contributed by atoms with Crippen molar-refractivity contribution in [3.8, 4) is 0 Å². The normalized spacial score (nSPS) is 22.4. The predicted octanol–water partition coefficient (Wildman–Crippen LogP) is 1.67. The van der Waals surface area contributed by atoms with E-state index in [-0.39, 0.29) is 5.91 Å². The number of carbonyl (C=O) groups excluding carboxylic acids is 1. The molecule has 1 atom stereocenters. The smallest absolute Gasteiger partial charge is 0.254 e. The molecule has 134 valence electrons. The van der Waals surface area contributed by atoms with Gasteiger partial charge in [-0.05, 0) is 43.9 Å². The van der Waals surface area contributed by atoms with E-state index in [4.69, 9.17) is 4.74 Å². The molecule has 0 saturated carbocycles. The van der Waals surface area contributed by atoms with Crippen molar-refractivity contribution in [3.63, 3.8) is 0 Å². The lowest BCUT2D eigenvalue weighted by molar-refractivity contribution is 0.0296. The molecule has 2 aromatic rings. The maximum atomic E-state index is 13.1. The van der Waals surface area contributed by atoms with Crippen LogP contribution >= 0.6 is 0 Å². The number of hydrogen-bond donors (Lipinski definition) is 1. The molecule has 1 aromatic heterocycles. The Morgan fingerprint density at radius 3 is 2.88 bits per heavy atom. The van der Waals surface area contributed by atoms with Crippen LogP contribution in [0.2, 0.25) is 0 Å². The van der Waals surface area contributed by atoms with Gasteiger partial charge in [0.05, 0.1) is 13.2 Å². The van der Waals surface area contributed by atoms with Gasteiger partial charge in [0.15, 0.2) is 0 Å². The average molecular weight is 343 g/mol. The average Bonchev–Trinajstić information content (AvgIpc) is 3.14. The minimum Gasteiger partial charge on any atom is -0.379 e. The van der Waals surface area contributed by atoms with Gasteiger partial charge in [0.25, 0.3) is 5.91 Å². The molecule has 3 heterocycles. The summed E-state index contributed by atoms with van der Waals surface area (Å²) >= 11 is 0. The van der Waals surface area contributed by atoms with Gasteiger partial charge in [-0.1, -0.05) is 0 Å². The number of aromatic amines is 1. The molecular weight excluding hydrogens is 318 g/mol. The van der Waals surface area contributed by atoms with E-state index >= 15 is 0 Å². The molecule has 7 heteroatoms. The van der Waals surface area contributed by atoms with Crippen LogP contribution in [-0.2, 0) is 4.74 Å². The number of nitrogens with one attached hydrogen (secondary N) is 1. The molecule has 1 amide bonds. The number of nitrogens with zero attached hydrogens (tertiary/aromatic N) is 4. The largest absolute Gasteiger partial charge is 0.379 e. The second-order valence-electron chi connectivity index (χ2n) is 6.92. The molecule has 1 N–H and O–H groups in total. The maximum absolute atomic E-state index is 13.1. The number of hydrogen-bond acceptors (Lipinski definition) is 5. The van der Waals surface area contributed by atoms with E-state index in [1.165, 1.54) is 6.42 Å². The first-order valence-corrected chi connectivity index (χ1v) is 9.23. The van der Waals surface area contributed by atoms with Crippen molar-refractivity contribution in [3.05, 3.63) is 23.8 Å². The molecule has 25 heavy (non-hydrogen) atoms. The monoisotopic (exact) mass is 343 g/mol. The Morgan fingerprint density at radius 1 is 1.16 bits per heavy atom. The molecule has 2 fully saturated rings. The summed E-state index contributed by atoms with van der Waals surface area (Å²) < 4.78 is 5.42. The van der Waals surface area contributed by atoms with Gasteiger partial charge in [-0.25, -0.2) is 0 Å². The highest BCUT2D eigenvalue weighted by molar-refractivity contribution is 5.97. The number of amides is 1. The van der Waals surface area contributed by atoms with Gasteiger partial charge in [0, 0.05) is 37.8 Å². The lowest BCUT2D eigenvalue weighted by Crippen LogP contribution is -2.46. The number of morpholine rings is 1. The summed E-state index contributed by atoms with van der Waals surface area (Å²) in [6, 6.07) is 5.89. The Balaban J connectivity index is 1.44. The number of ether oxygens (including phenoxy) is 1. The first kappa shape index (κ1) is 16.5. The van der Waals surface area contributed by atoms with Gasteiger partial charge < -0.3 is 9.64 Å². The Hall–Kier alpha value is -1.99. The first-order chi connectivity index (χ1) is 12.3. The van der Waals surface area contributed by atoms with Crippen LogP contribution in [0.4, 0.5) is 0 Å². The van der Waals surface area contributed by atoms with Gasteiger partial charge in [-0.2, -0.15) is 15.4 Å². The van der Waals surface area contributed by atoms with Crippen molar-refractivity contribution in [2.75, 3.05) is 39.4 Å². The van der Waals surface area contributed by atoms with Crippen molar-refractivity contribution < 1.29 is 9.53 Å². The fraction of sp³-hybridized carbons (Fsp3) is 0.611. The van der Waals surface area contributed by atoms with E-state index < -0.39 is 0 Å². The molecule has 2 aliphatic heterocycles. The molecule has 7 nitrogen and oxygen atoms in total. The highest BCUT2D eigenvalue weighted by Crippen LogP contribution is 2.23. The van der Waals surface area contributed by atoms with Crippen LogP contribution in [-0.4, -0.2) is 76.6 Å². The highest BCUT2D eigenvalue weighted by Gasteiger charge is 2.28. The molecule has 0 spiro atoms. The minimum atomic E-state index is 0.122. The van der Waals surface area contributed by atoms with Gasteiger partial charge in [-0.15, -0.1) is 0 Å². The highest BCUT2D eigenvalue weighted by atomic mass is 16.5. The summed E-state index contributed by atoms with van der Waals surface area (Å²) in [5.41, 5.74) is 2.24. The number of piperidine rings is 1. The molecule has 0 bridgehead atoms. The van der Waals surface area contributed by atoms with Gasteiger partial charge in [0.2, 0.25) is 0 Å². The Kier molecular flexibility index (Phi) is 4.94. The number of aromatic nitrogens is 3. The van der Waals surface area contributed by atoms with E-state index in [0.29, 0.717) is 11.6 Å². The fourth-order valence-electron chi connectivity index (χ4n) is 3.86. The number of fused-ring (bicyclic) bond motifs is 1. The summed E-state index contributed by atoms with van der Waals surface area (Å²) in [5, 5.41) is 10.8. The summed E-state index contributed by atoms with van der Waals surface area (Å²) in [5.74, 6) is 0.122. The summed E-state index contributed by atoms with van der Waals surface area (Å²) in [6.07, 6.45) is 4.44. The SMILES string of the molecule is O=C(c1ccc2n[nH]nc2c1)N1CCCCC1CCN1CCOCC1. The maximum Gasteiger partial charge on any atom is 0.254 e. The standard InChI is InChI=1S/C18H25N5O2/c24-18(14-4-5-16-17(13-14)20-21-19-16)23-7-2-1-3-15(23)6-8-22-9-11-25-12-10-22/h4-5,13,15H,1-3,6-12H2,(H,19,20,21). The van der Waals surface area contributed by atoms with Crippen LogP contribution in [0.5, 0.6) is 0 Å². The van der Waals surface area contributed by atoms with Crippen LogP contribution in [0.25, 0.3) is 11.0 Å². The Bertz CT molecular complexity index is 725. The number of rotatable bonds is 4. The molecule has 4 rings (SSSR count). The third-order valence-corrected chi connectivity index (χ3v) is 5.33. The fourth-order valence-corrected chi connectivity index (χ4v) is 3.86. The van der Waals surface area contributed by atoms with Crippen molar-refractivity contribution in [1.82, 2.24) is 25.2 Å². The zero-order valence-electron chi connectivity index (χ0n) is 14.5. The third kappa shape index (κ3) is 3.67. The Labute approximate surface area is 147 Å². The molecule has 2 aliphatic rings. The van der Waals surface area contributed by atoms with Gasteiger partial charge in [0.1, 0.15) is 11.0 Å². The van der Waals surface area contributed by atoms with Crippen LogP contribution in [0, 0.1) is 0 Å². The third-order valence-electron chi connectivity index (χ3n) is 5.33. The predicted molar refractivity (Wildman–Crippen MR) is 94.4 cm³/mol.